The second-order valence-electron chi connectivity index (χ2n) is 6.81. The monoisotopic (exact) mass is 437 g/mol. The van der Waals surface area contributed by atoms with Crippen molar-refractivity contribution in [2.45, 2.75) is 23.8 Å². The average molecular weight is 438 g/mol. The Morgan fingerprint density at radius 1 is 1.04 bits per heavy atom. The van der Waals surface area contributed by atoms with Gasteiger partial charge in [0.05, 0.1) is 16.8 Å². The summed E-state index contributed by atoms with van der Waals surface area (Å²) in [6, 6.07) is 16.5. The summed E-state index contributed by atoms with van der Waals surface area (Å²) in [5, 5.41) is 10.5. The first-order valence-corrected chi connectivity index (χ1v) is 11.3. The van der Waals surface area contributed by atoms with Crippen LogP contribution in [0.4, 0.5) is 0 Å². The van der Waals surface area contributed by atoms with E-state index in [-0.39, 0.29) is 11.7 Å². The fraction of sp³-hybridized carbons (Fsp3) is 0.400. The van der Waals surface area contributed by atoms with Crippen LogP contribution in [0.5, 0.6) is 0 Å². The number of sulfone groups is 1. The number of likely N-dealkylation sites (tertiary alicyclic amines) is 1. The Kier molecular flexibility index (Phi) is 6.51. The Morgan fingerprint density at radius 3 is 2.27 bits per heavy atom. The first-order chi connectivity index (χ1) is 12.5. The normalized spacial score (nSPS) is 17.9. The van der Waals surface area contributed by atoms with Gasteiger partial charge >= 0.3 is 0 Å². The first-order valence-electron chi connectivity index (χ1n) is 8.89. The van der Waals surface area contributed by atoms with E-state index in [1.54, 1.807) is 24.3 Å². The molecular formula is C20H24BrNO3S. The van der Waals surface area contributed by atoms with Crippen LogP contribution in [-0.2, 0) is 9.84 Å². The van der Waals surface area contributed by atoms with Crippen LogP contribution in [-0.4, -0.2) is 43.8 Å². The molecule has 26 heavy (non-hydrogen) atoms. The lowest BCUT2D eigenvalue weighted by atomic mass is 9.87. The van der Waals surface area contributed by atoms with Gasteiger partial charge in [-0.3, -0.25) is 0 Å². The van der Waals surface area contributed by atoms with E-state index in [1.165, 1.54) is 0 Å². The Bertz CT molecular complexity index is 801. The number of benzene rings is 2. The van der Waals surface area contributed by atoms with E-state index in [0.717, 1.165) is 36.0 Å². The molecule has 4 nitrogen and oxygen atoms in total. The third-order valence-electron chi connectivity index (χ3n) is 5.07. The number of rotatable bonds is 6. The van der Waals surface area contributed by atoms with Crippen molar-refractivity contribution in [3.63, 3.8) is 0 Å². The summed E-state index contributed by atoms with van der Waals surface area (Å²) in [5.74, 6) is 0.359. The molecule has 6 heteroatoms. The molecule has 0 saturated carbocycles. The summed E-state index contributed by atoms with van der Waals surface area (Å²) in [7, 11) is -3.26. The molecule has 0 spiro atoms. The zero-order valence-corrected chi connectivity index (χ0v) is 17.0. The van der Waals surface area contributed by atoms with Crippen LogP contribution in [0.25, 0.3) is 0 Å². The Balaban J connectivity index is 1.50. The van der Waals surface area contributed by atoms with E-state index in [4.69, 9.17) is 0 Å². The van der Waals surface area contributed by atoms with Gasteiger partial charge < -0.3 is 10.0 Å². The molecule has 0 aliphatic carbocycles. The highest BCUT2D eigenvalue weighted by atomic mass is 79.9. The Morgan fingerprint density at radius 2 is 1.65 bits per heavy atom. The van der Waals surface area contributed by atoms with E-state index >= 15 is 0 Å². The van der Waals surface area contributed by atoms with E-state index in [0.29, 0.717) is 11.4 Å². The van der Waals surface area contributed by atoms with E-state index in [9.17, 15) is 13.5 Å². The highest BCUT2D eigenvalue weighted by Crippen LogP contribution is 2.30. The van der Waals surface area contributed by atoms with E-state index < -0.39 is 15.9 Å². The maximum Gasteiger partial charge on any atom is 0.179 e. The molecular weight excluding hydrogens is 414 g/mol. The fourth-order valence-corrected chi connectivity index (χ4v) is 4.97. The highest BCUT2D eigenvalue weighted by Gasteiger charge is 2.27. The van der Waals surface area contributed by atoms with Crippen LogP contribution in [0.3, 0.4) is 0 Å². The quantitative estimate of drug-likeness (QED) is 0.748. The zero-order chi connectivity index (χ0) is 18.6. The van der Waals surface area contributed by atoms with Crippen LogP contribution in [0, 0.1) is 5.92 Å². The van der Waals surface area contributed by atoms with Crippen molar-refractivity contribution < 1.29 is 13.5 Å². The molecule has 1 N–H and O–H groups in total. The smallest absolute Gasteiger partial charge is 0.179 e. The summed E-state index contributed by atoms with van der Waals surface area (Å²) in [5.41, 5.74) is 0.962. The van der Waals surface area contributed by atoms with Gasteiger partial charge in [0.2, 0.25) is 0 Å². The van der Waals surface area contributed by atoms with Crippen molar-refractivity contribution in [2.75, 3.05) is 25.4 Å². The van der Waals surface area contributed by atoms with Gasteiger partial charge in [0, 0.05) is 11.0 Å². The summed E-state index contributed by atoms with van der Waals surface area (Å²) in [6.45, 7) is 2.18. The summed E-state index contributed by atoms with van der Waals surface area (Å²) < 4.78 is 25.8. The topological polar surface area (TPSA) is 57.6 Å². The zero-order valence-electron chi connectivity index (χ0n) is 14.6. The van der Waals surface area contributed by atoms with Crippen LogP contribution in [0.2, 0.25) is 0 Å². The molecule has 1 atom stereocenters. The van der Waals surface area contributed by atoms with Crippen molar-refractivity contribution in [3.05, 3.63) is 64.6 Å². The number of nitrogens with zero attached hydrogens (tertiary/aromatic N) is 1. The Labute approximate surface area is 163 Å². The van der Waals surface area contributed by atoms with Gasteiger partial charge in [-0.15, -0.1) is 0 Å². The minimum absolute atomic E-state index is 0.126. The van der Waals surface area contributed by atoms with Gasteiger partial charge in [0.15, 0.2) is 9.84 Å². The molecule has 2 aromatic rings. The van der Waals surface area contributed by atoms with Crippen molar-refractivity contribution >= 4 is 25.8 Å². The second-order valence-corrected chi connectivity index (χ2v) is 9.83. The molecule has 140 valence electrons. The van der Waals surface area contributed by atoms with Crippen LogP contribution in [0.15, 0.2) is 64.0 Å². The molecule has 2 aromatic carbocycles. The van der Waals surface area contributed by atoms with Crippen LogP contribution >= 0.6 is 15.9 Å². The molecule has 0 amide bonds. The SMILES string of the molecule is O=S(=O)(CCN1CCC([C@H](O)c2ccccc2)CC1)c1ccc(Br)cc1. The predicted octanol–water partition coefficient (Wildman–Crippen LogP) is 3.67. The van der Waals surface area contributed by atoms with Gasteiger partial charge in [-0.05, 0) is 61.7 Å². The molecule has 0 unspecified atom stereocenters. The minimum atomic E-state index is -3.26. The molecule has 1 aliphatic heterocycles. The maximum absolute atomic E-state index is 12.5. The third-order valence-corrected chi connectivity index (χ3v) is 7.31. The molecule has 1 aliphatic rings. The Hall–Kier alpha value is -1.21. The number of aliphatic hydroxyl groups is 1. The highest BCUT2D eigenvalue weighted by molar-refractivity contribution is 9.10. The predicted molar refractivity (Wildman–Crippen MR) is 107 cm³/mol. The standard InChI is InChI=1S/C20H24BrNO3S/c21-18-6-8-19(9-7-18)26(24,25)15-14-22-12-10-17(11-13-22)20(23)16-4-2-1-3-5-16/h1-9,17,20,23H,10-15H2/t20-/m1/s1. The average Bonchev–Trinajstić information content (AvgIpc) is 2.67. The molecule has 0 bridgehead atoms. The molecule has 1 fully saturated rings. The molecule has 3 rings (SSSR count). The fourth-order valence-electron chi connectivity index (χ4n) is 3.42. The van der Waals surface area contributed by atoms with Crippen molar-refractivity contribution in [1.29, 1.82) is 0 Å². The van der Waals surface area contributed by atoms with Crippen molar-refractivity contribution in [1.82, 2.24) is 4.90 Å². The van der Waals surface area contributed by atoms with E-state index in [1.807, 2.05) is 30.3 Å². The van der Waals surface area contributed by atoms with Gasteiger partial charge in [0.1, 0.15) is 0 Å². The molecule has 1 heterocycles. The van der Waals surface area contributed by atoms with Gasteiger partial charge in [0.25, 0.3) is 0 Å². The lowest BCUT2D eigenvalue weighted by Gasteiger charge is -2.34. The first kappa shape index (κ1) is 19.5. The number of aliphatic hydroxyl groups excluding tert-OH is 1. The van der Waals surface area contributed by atoms with Crippen molar-refractivity contribution in [3.8, 4) is 0 Å². The van der Waals surface area contributed by atoms with Crippen LogP contribution < -0.4 is 0 Å². The van der Waals surface area contributed by atoms with Gasteiger partial charge in [-0.25, -0.2) is 8.42 Å². The lowest BCUT2D eigenvalue weighted by molar-refractivity contribution is 0.0606. The molecule has 0 radical (unpaired) electrons. The summed E-state index contributed by atoms with van der Waals surface area (Å²) >= 11 is 3.32. The van der Waals surface area contributed by atoms with Gasteiger partial charge in [-0.1, -0.05) is 46.3 Å². The molecule has 0 aromatic heterocycles. The second kappa shape index (κ2) is 8.65. The molecule has 1 saturated heterocycles. The van der Waals surface area contributed by atoms with Gasteiger partial charge in [-0.2, -0.15) is 0 Å². The number of hydrogen-bond donors (Lipinski definition) is 1. The maximum atomic E-state index is 12.5. The lowest BCUT2D eigenvalue weighted by Crippen LogP contribution is -2.38. The van der Waals surface area contributed by atoms with E-state index in [2.05, 4.69) is 20.8 Å². The third kappa shape index (κ3) is 4.94. The van der Waals surface area contributed by atoms with Crippen molar-refractivity contribution in [2.24, 2.45) is 5.92 Å². The largest absolute Gasteiger partial charge is 0.388 e. The number of hydrogen-bond acceptors (Lipinski definition) is 4. The summed E-state index contributed by atoms with van der Waals surface area (Å²) in [6.07, 6.45) is 1.33. The number of halogens is 1. The number of piperidine rings is 1. The summed E-state index contributed by atoms with van der Waals surface area (Å²) in [4.78, 5) is 2.56. The van der Waals surface area contributed by atoms with Crippen LogP contribution in [0.1, 0.15) is 24.5 Å². The minimum Gasteiger partial charge on any atom is -0.388 e.